The number of amides is 3. The van der Waals surface area contributed by atoms with Crippen LogP contribution < -0.4 is 10.6 Å². The number of hydrogen-bond donors (Lipinski definition) is 3. The highest BCUT2D eigenvalue weighted by Gasteiger charge is 2.42. The summed E-state index contributed by atoms with van der Waals surface area (Å²) in [5.41, 5.74) is -0.156. The molecule has 1 aromatic rings. The zero-order valence-corrected chi connectivity index (χ0v) is 15.0. The fourth-order valence-corrected chi connectivity index (χ4v) is 2.63. The summed E-state index contributed by atoms with van der Waals surface area (Å²) in [6.07, 6.45) is 0.432. The molecule has 7 nitrogen and oxygen atoms in total. The fourth-order valence-electron chi connectivity index (χ4n) is 2.63. The maximum Gasteiger partial charge on any atom is 0.321 e. The maximum absolute atomic E-state index is 12.3. The van der Waals surface area contributed by atoms with Crippen molar-refractivity contribution in [3.05, 3.63) is 29.8 Å². The van der Waals surface area contributed by atoms with Crippen molar-refractivity contribution >= 4 is 23.6 Å². The number of hydrogen-bond acceptors (Lipinski definition) is 3. The lowest BCUT2D eigenvalue weighted by Gasteiger charge is -2.21. The van der Waals surface area contributed by atoms with E-state index in [1.54, 1.807) is 31.2 Å². The Morgan fingerprint density at radius 3 is 2.24 bits per heavy atom. The number of benzene rings is 1. The summed E-state index contributed by atoms with van der Waals surface area (Å²) in [7, 11) is 0. The average molecular weight is 347 g/mol. The molecule has 0 spiro atoms. The Morgan fingerprint density at radius 1 is 1.16 bits per heavy atom. The van der Waals surface area contributed by atoms with Crippen LogP contribution >= 0.6 is 0 Å². The molecule has 1 aliphatic heterocycles. The Bertz CT molecular complexity index is 679. The van der Waals surface area contributed by atoms with Gasteiger partial charge < -0.3 is 20.6 Å². The van der Waals surface area contributed by atoms with Crippen LogP contribution in [-0.2, 0) is 4.79 Å². The van der Waals surface area contributed by atoms with E-state index in [2.05, 4.69) is 10.6 Å². The van der Waals surface area contributed by atoms with E-state index in [0.717, 1.165) is 0 Å². The minimum atomic E-state index is -0.897. The molecule has 3 amide bonds. The number of carboxylic acid groups (broad SMARTS) is 1. The molecule has 136 valence electrons. The van der Waals surface area contributed by atoms with Gasteiger partial charge in [-0.3, -0.25) is 9.59 Å². The molecule has 0 aromatic heterocycles. The van der Waals surface area contributed by atoms with Crippen LogP contribution in [0.15, 0.2) is 24.3 Å². The molecule has 0 aliphatic carbocycles. The topological polar surface area (TPSA) is 98.7 Å². The SMILES string of the molecule is CC(C)(C)NC(=O)c1ccc(NC(=O)N2CCC(C)(C(=O)O)C2)cc1. The fraction of sp³-hybridized carbons (Fsp3) is 0.500. The van der Waals surface area contributed by atoms with Gasteiger partial charge in [0.1, 0.15) is 0 Å². The zero-order valence-electron chi connectivity index (χ0n) is 15.0. The minimum absolute atomic E-state index is 0.179. The molecular formula is C18H25N3O4. The Labute approximate surface area is 147 Å². The van der Waals surface area contributed by atoms with Crippen LogP contribution in [0.4, 0.5) is 10.5 Å². The quantitative estimate of drug-likeness (QED) is 0.782. The summed E-state index contributed by atoms with van der Waals surface area (Å²) in [4.78, 5) is 37.1. The number of nitrogens with one attached hydrogen (secondary N) is 2. The summed E-state index contributed by atoms with van der Waals surface area (Å²) in [5, 5.41) is 14.8. The van der Waals surface area contributed by atoms with Crippen LogP contribution in [0.5, 0.6) is 0 Å². The average Bonchev–Trinajstić information content (AvgIpc) is 2.90. The van der Waals surface area contributed by atoms with Gasteiger partial charge in [-0.15, -0.1) is 0 Å². The van der Waals surface area contributed by atoms with Crippen LogP contribution in [0.1, 0.15) is 44.5 Å². The minimum Gasteiger partial charge on any atom is -0.481 e. The van der Waals surface area contributed by atoms with Gasteiger partial charge in [-0.1, -0.05) is 0 Å². The number of urea groups is 1. The number of nitrogens with zero attached hydrogens (tertiary/aromatic N) is 1. The molecule has 25 heavy (non-hydrogen) atoms. The molecule has 1 fully saturated rings. The Kier molecular flexibility index (Phi) is 5.06. The number of carboxylic acids is 1. The van der Waals surface area contributed by atoms with Crippen LogP contribution in [0.2, 0.25) is 0 Å². The van der Waals surface area contributed by atoms with Crippen LogP contribution in [0.3, 0.4) is 0 Å². The molecule has 1 saturated heterocycles. The van der Waals surface area contributed by atoms with Crippen molar-refractivity contribution in [2.45, 2.75) is 39.7 Å². The molecule has 7 heteroatoms. The molecule has 1 aromatic carbocycles. The lowest BCUT2D eigenvalue weighted by molar-refractivity contribution is -0.146. The molecule has 2 rings (SSSR count). The predicted molar refractivity (Wildman–Crippen MR) is 94.6 cm³/mol. The third-order valence-corrected chi connectivity index (χ3v) is 4.16. The summed E-state index contributed by atoms with van der Waals surface area (Å²) in [5.74, 6) is -1.07. The molecule has 1 heterocycles. The van der Waals surface area contributed by atoms with Gasteiger partial charge in [0.05, 0.1) is 5.41 Å². The van der Waals surface area contributed by atoms with E-state index in [1.165, 1.54) is 4.90 Å². The first-order chi connectivity index (χ1) is 11.5. The van der Waals surface area contributed by atoms with Crippen LogP contribution in [-0.4, -0.2) is 46.5 Å². The second kappa shape index (κ2) is 6.74. The lowest BCUT2D eigenvalue weighted by Crippen LogP contribution is -2.40. The Hall–Kier alpha value is -2.57. The molecule has 1 aliphatic rings. The number of likely N-dealkylation sites (tertiary alicyclic amines) is 1. The second-order valence-electron chi connectivity index (χ2n) is 7.75. The first-order valence-electron chi connectivity index (χ1n) is 8.22. The summed E-state index contributed by atoms with van der Waals surface area (Å²) in [6.45, 7) is 7.94. The summed E-state index contributed by atoms with van der Waals surface area (Å²) < 4.78 is 0. The van der Waals surface area contributed by atoms with E-state index in [1.807, 2.05) is 20.8 Å². The molecule has 3 N–H and O–H groups in total. The molecule has 1 atom stereocenters. The van der Waals surface area contributed by atoms with Crippen molar-refractivity contribution in [1.82, 2.24) is 10.2 Å². The molecule has 1 unspecified atom stereocenters. The number of anilines is 1. The van der Waals surface area contributed by atoms with E-state index >= 15 is 0 Å². The molecular weight excluding hydrogens is 322 g/mol. The van der Waals surface area contributed by atoms with Gasteiger partial charge >= 0.3 is 12.0 Å². The van der Waals surface area contributed by atoms with Crippen molar-refractivity contribution in [2.24, 2.45) is 5.41 Å². The van der Waals surface area contributed by atoms with Crippen LogP contribution in [0, 0.1) is 5.41 Å². The largest absolute Gasteiger partial charge is 0.481 e. The van der Waals surface area contributed by atoms with E-state index < -0.39 is 11.4 Å². The molecule has 0 radical (unpaired) electrons. The Balaban J connectivity index is 1.96. The van der Waals surface area contributed by atoms with E-state index in [0.29, 0.717) is 24.2 Å². The third kappa shape index (κ3) is 4.71. The smallest absolute Gasteiger partial charge is 0.321 e. The predicted octanol–water partition coefficient (Wildman–Crippen LogP) is 2.54. The highest BCUT2D eigenvalue weighted by molar-refractivity contribution is 5.96. The highest BCUT2D eigenvalue weighted by atomic mass is 16.4. The summed E-state index contributed by atoms with van der Waals surface area (Å²) in [6, 6.07) is 6.25. The lowest BCUT2D eigenvalue weighted by atomic mass is 9.90. The standard InChI is InChI=1S/C18H25N3O4/c1-17(2,3)20-14(22)12-5-7-13(8-6-12)19-16(25)21-10-9-18(4,11-21)15(23)24/h5-8H,9-11H2,1-4H3,(H,19,25)(H,20,22)(H,23,24). The first-order valence-corrected chi connectivity index (χ1v) is 8.22. The van der Waals surface area contributed by atoms with E-state index in [9.17, 15) is 19.5 Å². The van der Waals surface area contributed by atoms with E-state index in [4.69, 9.17) is 0 Å². The number of carbonyl (C=O) groups excluding carboxylic acids is 2. The number of rotatable bonds is 3. The van der Waals surface area contributed by atoms with Crippen molar-refractivity contribution in [1.29, 1.82) is 0 Å². The van der Waals surface area contributed by atoms with Gasteiger partial charge in [0.2, 0.25) is 0 Å². The van der Waals surface area contributed by atoms with Gasteiger partial charge in [-0.05, 0) is 58.4 Å². The molecule has 0 bridgehead atoms. The van der Waals surface area contributed by atoms with Gasteiger partial charge in [0, 0.05) is 29.9 Å². The van der Waals surface area contributed by atoms with Gasteiger partial charge in [-0.25, -0.2) is 4.79 Å². The highest BCUT2D eigenvalue weighted by Crippen LogP contribution is 2.30. The Morgan fingerprint density at radius 2 is 1.76 bits per heavy atom. The van der Waals surface area contributed by atoms with Gasteiger partial charge in [0.25, 0.3) is 5.91 Å². The van der Waals surface area contributed by atoms with Crippen molar-refractivity contribution in [3.8, 4) is 0 Å². The summed E-state index contributed by atoms with van der Waals surface area (Å²) >= 11 is 0. The van der Waals surface area contributed by atoms with Crippen LogP contribution in [0.25, 0.3) is 0 Å². The monoisotopic (exact) mass is 347 g/mol. The van der Waals surface area contributed by atoms with Crippen molar-refractivity contribution in [2.75, 3.05) is 18.4 Å². The zero-order chi connectivity index (χ0) is 18.8. The van der Waals surface area contributed by atoms with Gasteiger partial charge in [-0.2, -0.15) is 0 Å². The number of carbonyl (C=O) groups is 3. The van der Waals surface area contributed by atoms with Gasteiger partial charge in [0.15, 0.2) is 0 Å². The van der Waals surface area contributed by atoms with Crippen molar-refractivity contribution < 1.29 is 19.5 Å². The third-order valence-electron chi connectivity index (χ3n) is 4.16. The van der Waals surface area contributed by atoms with Crippen molar-refractivity contribution in [3.63, 3.8) is 0 Å². The maximum atomic E-state index is 12.3. The first kappa shape index (κ1) is 18.8. The normalized spacial score (nSPS) is 20.2. The van der Waals surface area contributed by atoms with E-state index in [-0.39, 0.29) is 24.0 Å². The number of aliphatic carboxylic acids is 1. The molecule has 0 saturated carbocycles. The second-order valence-corrected chi connectivity index (χ2v) is 7.75.